The van der Waals surface area contributed by atoms with Crippen LogP contribution >= 0.6 is 11.8 Å². The zero-order valence-corrected chi connectivity index (χ0v) is 22.7. The maximum absolute atomic E-state index is 15.1. The molecule has 1 aliphatic heterocycles. The van der Waals surface area contributed by atoms with Crippen LogP contribution in [0.25, 0.3) is 0 Å². The minimum atomic E-state index is -1.53. The number of carboxylic acids is 1. The van der Waals surface area contributed by atoms with E-state index in [1.807, 2.05) is 24.5 Å². The van der Waals surface area contributed by atoms with Crippen molar-refractivity contribution in [1.29, 1.82) is 0 Å². The van der Waals surface area contributed by atoms with E-state index >= 15 is 4.39 Å². The molecule has 39 heavy (non-hydrogen) atoms. The van der Waals surface area contributed by atoms with Crippen LogP contribution in [-0.4, -0.2) is 52.8 Å². The third kappa shape index (κ3) is 6.78. The smallest absolute Gasteiger partial charge is 0.415 e. The second-order valence-electron chi connectivity index (χ2n) is 9.92. The van der Waals surface area contributed by atoms with Gasteiger partial charge in [0.05, 0.1) is 0 Å². The van der Waals surface area contributed by atoms with Gasteiger partial charge in [-0.3, -0.25) is 4.79 Å². The molecule has 1 N–H and O–H groups in total. The van der Waals surface area contributed by atoms with E-state index in [2.05, 4.69) is 0 Å². The molecule has 1 fully saturated rings. The van der Waals surface area contributed by atoms with Crippen molar-refractivity contribution in [3.8, 4) is 11.5 Å². The predicted octanol–water partition coefficient (Wildman–Crippen LogP) is 5.96. The molecule has 4 rings (SSSR count). The van der Waals surface area contributed by atoms with Crippen molar-refractivity contribution < 1.29 is 33.4 Å². The number of carbonyl (C=O) groups excluding carboxylic acids is 2. The first-order valence-corrected chi connectivity index (χ1v) is 13.7. The number of halogens is 1. The van der Waals surface area contributed by atoms with Gasteiger partial charge in [-0.15, -0.1) is 11.8 Å². The summed E-state index contributed by atoms with van der Waals surface area (Å²) >= 11 is 1.57. The molecule has 3 aromatic rings. The molecule has 9 heteroatoms. The number of para-hydroxylation sites is 1. The minimum absolute atomic E-state index is 0.0876. The largest absolute Gasteiger partial charge is 0.478 e. The zero-order chi connectivity index (χ0) is 28.2. The maximum atomic E-state index is 15.1. The first-order chi connectivity index (χ1) is 18.6. The minimum Gasteiger partial charge on any atom is -0.478 e. The third-order valence-electron chi connectivity index (χ3n) is 6.75. The average Bonchev–Trinajstić information content (AvgIpc) is 3.34. The molecule has 0 saturated carbocycles. The molecule has 2 atom stereocenters. The van der Waals surface area contributed by atoms with Crippen LogP contribution in [0.1, 0.15) is 29.8 Å². The van der Waals surface area contributed by atoms with Crippen LogP contribution in [0.15, 0.2) is 77.7 Å². The maximum Gasteiger partial charge on any atom is 0.415 e. The lowest BCUT2D eigenvalue weighted by Crippen LogP contribution is -2.37. The first-order valence-electron chi connectivity index (χ1n) is 12.5. The highest BCUT2D eigenvalue weighted by Gasteiger charge is 2.41. The SMILES string of the molecule is CSc1ccc(C(=O)[C@@H]2CN(C(=O)Oc3ccccc3)C[C@H]2Cc2ccc(OC(C)(C)C(=O)O)cc2F)cc1. The average molecular weight is 552 g/mol. The number of Topliss-reactive ketones (excluding diaryl/α,β-unsaturated/α-hetero) is 1. The van der Waals surface area contributed by atoms with Crippen LogP contribution in [0.2, 0.25) is 0 Å². The van der Waals surface area contributed by atoms with E-state index in [-0.39, 0.29) is 37.0 Å². The number of carbonyl (C=O) groups is 3. The van der Waals surface area contributed by atoms with Gasteiger partial charge in [0.25, 0.3) is 0 Å². The molecule has 0 bridgehead atoms. The Bertz CT molecular complexity index is 1350. The van der Waals surface area contributed by atoms with Gasteiger partial charge in [-0.2, -0.15) is 0 Å². The molecule has 3 aromatic carbocycles. The molecule has 1 aliphatic rings. The fourth-order valence-electron chi connectivity index (χ4n) is 4.53. The number of aliphatic carboxylic acids is 1. The number of ether oxygens (including phenoxy) is 2. The summed E-state index contributed by atoms with van der Waals surface area (Å²) in [6.07, 6.45) is 1.58. The molecule has 1 heterocycles. The molecular weight excluding hydrogens is 521 g/mol. The summed E-state index contributed by atoms with van der Waals surface area (Å²) in [5, 5.41) is 9.29. The summed E-state index contributed by atoms with van der Waals surface area (Å²) in [5.74, 6) is -2.31. The van der Waals surface area contributed by atoms with Crippen LogP contribution < -0.4 is 9.47 Å². The first kappa shape index (κ1) is 28.2. The van der Waals surface area contributed by atoms with Gasteiger partial charge in [0.2, 0.25) is 0 Å². The Morgan fingerprint density at radius 1 is 1.00 bits per heavy atom. The van der Waals surface area contributed by atoms with Gasteiger partial charge < -0.3 is 19.5 Å². The van der Waals surface area contributed by atoms with E-state index in [0.29, 0.717) is 16.9 Å². The monoisotopic (exact) mass is 551 g/mol. The van der Waals surface area contributed by atoms with E-state index in [0.717, 1.165) is 11.0 Å². The summed E-state index contributed by atoms with van der Waals surface area (Å²) in [7, 11) is 0. The molecule has 0 spiro atoms. The van der Waals surface area contributed by atoms with Crippen molar-refractivity contribution in [2.75, 3.05) is 19.3 Å². The van der Waals surface area contributed by atoms with Crippen LogP contribution in [0.4, 0.5) is 9.18 Å². The van der Waals surface area contributed by atoms with E-state index < -0.39 is 29.4 Å². The summed E-state index contributed by atoms with van der Waals surface area (Å²) in [5.41, 5.74) is -0.655. The van der Waals surface area contributed by atoms with Crippen LogP contribution in [0.5, 0.6) is 11.5 Å². The molecule has 1 amide bonds. The van der Waals surface area contributed by atoms with Gasteiger partial charge in [0.1, 0.15) is 17.3 Å². The van der Waals surface area contributed by atoms with Crippen molar-refractivity contribution in [1.82, 2.24) is 4.90 Å². The Hall–Kier alpha value is -3.85. The van der Waals surface area contributed by atoms with Crippen molar-refractivity contribution in [3.05, 3.63) is 89.7 Å². The van der Waals surface area contributed by atoms with Gasteiger partial charge in [-0.25, -0.2) is 14.0 Å². The van der Waals surface area contributed by atoms with Crippen LogP contribution in [0, 0.1) is 17.7 Å². The number of ketones is 1. The fraction of sp³-hybridized carbons (Fsp3) is 0.300. The Morgan fingerprint density at radius 2 is 1.69 bits per heavy atom. The van der Waals surface area contributed by atoms with Crippen molar-refractivity contribution in [2.45, 2.75) is 30.8 Å². The number of amides is 1. The lowest BCUT2D eigenvalue weighted by atomic mass is 9.84. The fourth-order valence-corrected chi connectivity index (χ4v) is 4.93. The van der Waals surface area contributed by atoms with Gasteiger partial charge in [0, 0.05) is 35.5 Å². The third-order valence-corrected chi connectivity index (χ3v) is 7.50. The second-order valence-corrected chi connectivity index (χ2v) is 10.8. The van der Waals surface area contributed by atoms with Crippen molar-refractivity contribution in [2.24, 2.45) is 11.8 Å². The summed E-state index contributed by atoms with van der Waals surface area (Å²) in [6, 6.07) is 20.2. The Kier molecular flexibility index (Phi) is 8.60. The molecule has 0 unspecified atom stereocenters. The molecule has 1 saturated heterocycles. The normalized spacial score (nSPS) is 17.1. The molecule has 204 valence electrons. The second kappa shape index (κ2) is 11.9. The number of nitrogens with zero attached hydrogens (tertiary/aromatic N) is 1. The highest BCUT2D eigenvalue weighted by Crippen LogP contribution is 2.33. The summed E-state index contributed by atoms with van der Waals surface area (Å²) in [4.78, 5) is 40.4. The van der Waals surface area contributed by atoms with E-state index in [1.54, 1.807) is 48.2 Å². The quantitative estimate of drug-likeness (QED) is 0.259. The van der Waals surface area contributed by atoms with Crippen LogP contribution in [0.3, 0.4) is 0 Å². The molecule has 7 nitrogen and oxygen atoms in total. The Labute approximate surface area is 230 Å². The predicted molar refractivity (Wildman–Crippen MR) is 146 cm³/mol. The van der Waals surface area contributed by atoms with Crippen molar-refractivity contribution >= 4 is 29.6 Å². The highest BCUT2D eigenvalue weighted by atomic mass is 32.2. The topological polar surface area (TPSA) is 93.1 Å². The standard InChI is InChI=1S/C30H30FNO6S/c1-30(2,28(34)35)38-23-12-9-20(26(31)16-23)15-21-17-32(29(36)37-22-7-5-4-6-8-22)18-25(21)27(33)19-10-13-24(39-3)14-11-19/h4-14,16,21,25H,15,17-18H2,1-3H3,(H,34,35)/t21-,25-/m1/s1. The van der Waals surface area contributed by atoms with Gasteiger partial charge in [-0.1, -0.05) is 36.4 Å². The summed E-state index contributed by atoms with van der Waals surface area (Å²) in [6.45, 7) is 3.12. The number of thioether (sulfide) groups is 1. The van der Waals surface area contributed by atoms with E-state index in [4.69, 9.17) is 9.47 Å². The molecule has 0 aromatic heterocycles. The zero-order valence-electron chi connectivity index (χ0n) is 21.9. The number of carboxylic acid groups (broad SMARTS) is 1. The molecular formula is C30H30FNO6S. The Balaban J connectivity index is 1.56. The highest BCUT2D eigenvalue weighted by molar-refractivity contribution is 7.98. The number of benzene rings is 3. The number of rotatable bonds is 9. The summed E-state index contributed by atoms with van der Waals surface area (Å²) < 4.78 is 26.1. The van der Waals surface area contributed by atoms with E-state index in [1.165, 1.54) is 30.9 Å². The lowest BCUT2D eigenvalue weighted by Gasteiger charge is -2.22. The van der Waals surface area contributed by atoms with E-state index in [9.17, 15) is 19.5 Å². The lowest BCUT2D eigenvalue weighted by molar-refractivity contribution is -0.152. The molecule has 0 radical (unpaired) electrons. The van der Waals surface area contributed by atoms with Crippen LogP contribution in [-0.2, 0) is 11.2 Å². The number of hydrogen-bond acceptors (Lipinski definition) is 6. The number of hydrogen-bond donors (Lipinski definition) is 1. The van der Waals surface area contributed by atoms with Crippen molar-refractivity contribution in [3.63, 3.8) is 0 Å². The number of likely N-dealkylation sites (tertiary alicyclic amines) is 1. The molecule has 0 aliphatic carbocycles. The Morgan fingerprint density at radius 3 is 2.31 bits per heavy atom. The van der Waals surface area contributed by atoms with Gasteiger partial charge >= 0.3 is 12.1 Å². The van der Waals surface area contributed by atoms with Gasteiger partial charge in [0.15, 0.2) is 11.4 Å². The van der Waals surface area contributed by atoms with Gasteiger partial charge in [-0.05, 0) is 68.3 Å².